The molecule has 2 aromatic rings. The molecule has 0 saturated heterocycles. The number of benzene rings is 1. The maximum atomic E-state index is 12.1. The van der Waals surface area contributed by atoms with Crippen LogP contribution in [0, 0.1) is 6.92 Å². The Morgan fingerprint density at radius 3 is 2.75 bits per heavy atom. The fourth-order valence-electron chi connectivity index (χ4n) is 2.32. The molecule has 0 spiro atoms. The Balaban J connectivity index is 1.99. The predicted octanol–water partition coefficient (Wildman–Crippen LogP) is 2.88. The number of carbonyl (C=O) groups is 2. The van der Waals surface area contributed by atoms with Crippen molar-refractivity contribution in [1.29, 1.82) is 0 Å². The van der Waals surface area contributed by atoms with Crippen molar-refractivity contribution in [3.05, 3.63) is 57.8 Å². The Hall–Kier alpha value is -2.01. The SMILES string of the molecule is Cc1cncc(CN2C(=O)C(=O)c3cc(Br)ccc32)c1. The van der Waals surface area contributed by atoms with Gasteiger partial charge in [0, 0.05) is 16.9 Å². The van der Waals surface area contributed by atoms with Gasteiger partial charge in [-0.2, -0.15) is 0 Å². The number of aryl methyl sites for hydroxylation is 1. The number of amides is 1. The van der Waals surface area contributed by atoms with Gasteiger partial charge in [0.2, 0.25) is 0 Å². The normalized spacial score (nSPS) is 13.8. The smallest absolute Gasteiger partial charge is 0.299 e. The van der Waals surface area contributed by atoms with E-state index in [4.69, 9.17) is 0 Å². The predicted molar refractivity (Wildman–Crippen MR) is 78.6 cm³/mol. The molecule has 20 heavy (non-hydrogen) atoms. The number of fused-ring (bicyclic) bond motifs is 1. The van der Waals surface area contributed by atoms with Gasteiger partial charge in [-0.15, -0.1) is 0 Å². The fourth-order valence-corrected chi connectivity index (χ4v) is 2.68. The summed E-state index contributed by atoms with van der Waals surface area (Å²) < 4.78 is 0.788. The zero-order valence-corrected chi connectivity index (χ0v) is 12.3. The minimum Gasteiger partial charge on any atom is -0.300 e. The van der Waals surface area contributed by atoms with Crippen molar-refractivity contribution in [3.63, 3.8) is 0 Å². The van der Waals surface area contributed by atoms with E-state index in [9.17, 15) is 9.59 Å². The molecule has 3 rings (SSSR count). The molecular weight excluding hydrogens is 320 g/mol. The molecule has 1 aromatic heterocycles. The zero-order valence-electron chi connectivity index (χ0n) is 10.8. The van der Waals surface area contributed by atoms with E-state index in [-0.39, 0.29) is 0 Å². The quantitative estimate of drug-likeness (QED) is 0.795. The monoisotopic (exact) mass is 330 g/mol. The van der Waals surface area contributed by atoms with E-state index in [0.29, 0.717) is 17.8 Å². The molecule has 1 aliphatic rings. The van der Waals surface area contributed by atoms with Crippen LogP contribution < -0.4 is 4.90 Å². The second-order valence-corrected chi connectivity index (χ2v) is 5.67. The molecule has 0 saturated carbocycles. The number of hydrogen-bond acceptors (Lipinski definition) is 3. The number of ketones is 1. The van der Waals surface area contributed by atoms with Gasteiger partial charge in [0.15, 0.2) is 0 Å². The molecule has 0 unspecified atom stereocenters. The summed E-state index contributed by atoms with van der Waals surface area (Å²) >= 11 is 3.32. The van der Waals surface area contributed by atoms with Gasteiger partial charge in [0.25, 0.3) is 11.7 Å². The number of Topliss-reactive ketones (excluding diaryl/α,β-unsaturated/α-hetero) is 1. The maximum absolute atomic E-state index is 12.1. The molecule has 1 amide bonds. The number of nitrogens with zero attached hydrogens (tertiary/aromatic N) is 2. The molecule has 0 aliphatic carbocycles. The van der Waals surface area contributed by atoms with Gasteiger partial charge in [0.1, 0.15) is 0 Å². The van der Waals surface area contributed by atoms with E-state index in [2.05, 4.69) is 20.9 Å². The van der Waals surface area contributed by atoms with Crippen LogP contribution in [0.15, 0.2) is 41.1 Å². The lowest BCUT2D eigenvalue weighted by Gasteiger charge is -2.16. The molecule has 0 fully saturated rings. The topological polar surface area (TPSA) is 50.3 Å². The number of rotatable bonds is 2. The molecule has 5 heteroatoms. The number of aromatic nitrogens is 1. The first-order valence-corrected chi connectivity index (χ1v) is 6.92. The molecular formula is C15H11BrN2O2. The Morgan fingerprint density at radius 1 is 1.20 bits per heavy atom. The fraction of sp³-hybridized carbons (Fsp3) is 0.133. The van der Waals surface area contributed by atoms with Gasteiger partial charge in [-0.1, -0.05) is 22.0 Å². The van der Waals surface area contributed by atoms with Crippen molar-refractivity contribution in [2.24, 2.45) is 0 Å². The van der Waals surface area contributed by atoms with Crippen molar-refractivity contribution in [1.82, 2.24) is 4.98 Å². The van der Waals surface area contributed by atoms with Gasteiger partial charge in [0.05, 0.1) is 17.8 Å². The number of pyridine rings is 1. The molecule has 0 atom stereocenters. The average Bonchev–Trinajstić information content (AvgIpc) is 2.64. The van der Waals surface area contributed by atoms with Crippen LogP contribution in [0.3, 0.4) is 0 Å². The lowest BCUT2D eigenvalue weighted by Crippen LogP contribution is -2.29. The van der Waals surface area contributed by atoms with E-state index in [1.165, 1.54) is 4.90 Å². The molecule has 0 N–H and O–H groups in total. The lowest BCUT2D eigenvalue weighted by atomic mass is 10.1. The van der Waals surface area contributed by atoms with Crippen LogP contribution in [0.25, 0.3) is 0 Å². The minimum atomic E-state index is -0.486. The Bertz CT molecular complexity index is 728. The van der Waals surface area contributed by atoms with Gasteiger partial charge >= 0.3 is 0 Å². The maximum Gasteiger partial charge on any atom is 0.299 e. The number of halogens is 1. The molecule has 4 nitrogen and oxygen atoms in total. The highest BCUT2D eigenvalue weighted by atomic mass is 79.9. The van der Waals surface area contributed by atoms with Crippen molar-refractivity contribution in [2.75, 3.05) is 4.90 Å². The van der Waals surface area contributed by atoms with E-state index in [1.807, 2.05) is 19.1 Å². The van der Waals surface area contributed by atoms with Crippen LogP contribution in [0.4, 0.5) is 5.69 Å². The summed E-state index contributed by atoms with van der Waals surface area (Å²) in [6.07, 6.45) is 3.47. The summed E-state index contributed by atoms with van der Waals surface area (Å²) in [5.41, 5.74) is 3.04. The summed E-state index contributed by atoms with van der Waals surface area (Å²) in [6.45, 7) is 2.30. The minimum absolute atomic E-state index is 0.355. The zero-order chi connectivity index (χ0) is 14.3. The first kappa shape index (κ1) is 13.0. The van der Waals surface area contributed by atoms with E-state index in [1.54, 1.807) is 24.5 Å². The van der Waals surface area contributed by atoms with E-state index < -0.39 is 11.7 Å². The summed E-state index contributed by atoms with van der Waals surface area (Å²) in [5, 5.41) is 0. The molecule has 0 bridgehead atoms. The molecule has 0 radical (unpaired) electrons. The van der Waals surface area contributed by atoms with Crippen LogP contribution in [0.5, 0.6) is 0 Å². The van der Waals surface area contributed by atoms with E-state index in [0.717, 1.165) is 15.6 Å². The van der Waals surface area contributed by atoms with Crippen LogP contribution in [-0.2, 0) is 11.3 Å². The van der Waals surface area contributed by atoms with Crippen molar-refractivity contribution < 1.29 is 9.59 Å². The number of anilines is 1. The second kappa shape index (κ2) is 4.83. The van der Waals surface area contributed by atoms with Gasteiger partial charge in [-0.25, -0.2) is 0 Å². The third-order valence-corrected chi connectivity index (χ3v) is 3.70. The van der Waals surface area contributed by atoms with Crippen molar-refractivity contribution in [3.8, 4) is 0 Å². The lowest BCUT2D eigenvalue weighted by molar-refractivity contribution is -0.114. The summed E-state index contributed by atoms with van der Waals surface area (Å²) in [7, 11) is 0. The van der Waals surface area contributed by atoms with Crippen molar-refractivity contribution >= 4 is 33.3 Å². The summed E-state index contributed by atoms with van der Waals surface area (Å²) in [4.78, 5) is 29.7. The third kappa shape index (κ3) is 2.14. The highest BCUT2D eigenvalue weighted by Gasteiger charge is 2.35. The summed E-state index contributed by atoms with van der Waals surface area (Å²) in [6, 6.07) is 7.25. The first-order valence-electron chi connectivity index (χ1n) is 6.12. The Kier molecular flexibility index (Phi) is 3.14. The average molecular weight is 331 g/mol. The first-order chi connectivity index (χ1) is 9.56. The largest absolute Gasteiger partial charge is 0.300 e. The van der Waals surface area contributed by atoms with Gasteiger partial charge in [-0.05, 0) is 36.2 Å². The second-order valence-electron chi connectivity index (χ2n) is 4.75. The number of carbonyl (C=O) groups excluding carboxylic acids is 2. The molecule has 2 heterocycles. The Labute approximate surface area is 124 Å². The molecule has 1 aliphatic heterocycles. The standard InChI is InChI=1S/C15H11BrN2O2/c1-9-4-10(7-17-6-9)8-18-13-3-2-11(16)5-12(13)14(19)15(18)20/h2-7H,8H2,1H3. The molecule has 100 valence electrons. The van der Waals surface area contributed by atoms with Crippen molar-refractivity contribution in [2.45, 2.75) is 13.5 Å². The van der Waals surface area contributed by atoms with Gasteiger partial charge in [-0.3, -0.25) is 14.6 Å². The van der Waals surface area contributed by atoms with Crippen LogP contribution in [-0.4, -0.2) is 16.7 Å². The van der Waals surface area contributed by atoms with Crippen LogP contribution >= 0.6 is 15.9 Å². The van der Waals surface area contributed by atoms with Crippen LogP contribution in [0.2, 0.25) is 0 Å². The van der Waals surface area contributed by atoms with Crippen LogP contribution in [0.1, 0.15) is 21.5 Å². The highest BCUT2D eigenvalue weighted by Crippen LogP contribution is 2.32. The highest BCUT2D eigenvalue weighted by molar-refractivity contribution is 9.10. The van der Waals surface area contributed by atoms with E-state index >= 15 is 0 Å². The van der Waals surface area contributed by atoms with Gasteiger partial charge < -0.3 is 4.90 Å². The number of hydrogen-bond donors (Lipinski definition) is 0. The third-order valence-electron chi connectivity index (χ3n) is 3.21. The summed E-state index contributed by atoms with van der Waals surface area (Å²) in [5.74, 6) is -0.943. The Morgan fingerprint density at radius 2 is 2.00 bits per heavy atom. The molecule has 1 aromatic carbocycles.